The third-order valence-electron chi connectivity index (χ3n) is 9.48. The standard InChI is InChI=1S/C36H34ClF5N6O3/c37-29-11-10-28(36(40,41)42)26(32(29)39)9-12-31(49)48-19-25(47-15-13-23(43)14-16-47)17-27(20-1-5-22(38)6-2-20)33(48)34-44-18-30(46-34)21-3-7-24(8-4-21)45-35(50)51/h1-12,18,23,25,27,33,45H,13-17,19,43H2,(H,44,46)(H,50,51). The summed E-state index contributed by atoms with van der Waals surface area (Å²) in [5, 5.41) is 10.8. The van der Waals surface area contributed by atoms with Crippen molar-refractivity contribution in [3.8, 4) is 11.3 Å². The van der Waals surface area contributed by atoms with Crippen LogP contribution in [0.15, 0.2) is 72.9 Å². The van der Waals surface area contributed by atoms with Crippen LogP contribution in [0.25, 0.3) is 17.3 Å². The van der Waals surface area contributed by atoms with Crippen LogP contribution in [-0.4, -0.2) is 68.6 Å². The van der Waals surface area contributed by atoms with E-state index in [9.17, 15) is 27.2 Å². The fourth-order valence-electron chi connectivity index (χ4n) is 6.91. The van der Waals surface area contributed by atoms with Gasteiger partial charge in [0.2, 0.25) is 5.91 Å². The second-order valence-corrected chi connectivity index (χ2v) is 13.1. The number of rotatable bonds is 7. The normalized spacial score (nSPS) is 20.5. The second-order valence-electron chi connectivity index (χ2n) is 12.7. The maximum absolute atomic E-state index is 15.0. The number of piperidine rings is 2. The summed E-state index contributed by atoms with van der Waals surface area (Å²) < 4.78 is 70.8. The summed E-state index contributed by atoms with van der Waals surface area (Å²) in [5.74, 6) is -2.55. The Balaban J connectivity index is 1.42. The second kappa shape index (κ2) is 14.8. The van der Waals surface area contributed by atoms with Crippen molar-refractivity contribution in [2.45, 2.75) is 49.5 Å². The Bertz CT molecular complexity index is 1910. The monoisotopic (exact) mass is 728 g/mol. The average Bonchev–Trinajstić information content (AvgIpc) is 3.58. The van der Waals surface area contributed by atoms with Gasteiger partial charge >= 0.3 is 12.3 Å². The molecule has 2 fully saturated rings. The molecular formula is C36H34ClF5N6O3. The molecule has 2 aliphatic heterocycles. The van der Waals surface area contributed by atoms with E-state index >= 15 is 4.39 Å². The van der Waals surface area contributed by atoms with Gasteiger partial charge in [0.05, 0.1) is 28.5 Å². The summed E-state index contributed by atoms with van der Waals surface area (Å²) in [5.41, 5.74) is 6.31. The molecule has 3 heterocycles. The lowest BCUT2D eigenvalue weighted by molar-refractivity contribution is -0.138. The molecule has 6 rings (SSSR count). The van der Waals surface area contributed by atoms with Crippen LogP contribution in [0.1, 0.15) is 53.7 Å². The van der Waals surface area contributed by atoms with Crippen LogP contribution in [-0.2, 0) is 11.0 Å². The molecule has 0 radical (unpaired) electrons. The van der Waals surface area contributed by atoms with Crippen molar-refractivity contribution in [2.75, 3.05) is 25.0 Å². The zero-order valence-electron chi connectivity index (χ0n) is 27.0. The molecule has 9 nitrogen and oxygen atoms in total. The van der Waals surface area contributed by atoms with Crippen LogP contribution in [0.4, 0.5) is 32.4 Å². The van der Waals surface area contributed by atoms with Crippen molar-refractivity contribution in [1.29, 1.82) is 0 Å². The first-order chi connectivity index (χ1) is 24.3. The highest BCUT2D eigenvalue weighted by molar-refractivity contribution is 6.31. The quantitative estimate of drug-likeness (QED) is 0.114. The van der Waals surface area contributed by atoms with Crippen LogP contribution < -0.4 is 11.1 Å². The number of carboxylic acid groups (broad SMARTS) is 1. The van der Waals surface area contributed by atoms with Gasteiger partial charge in [0, 0.05) is 41.9 Å². The highest BCUT2D eigenvalue weighted by atomic mass is 35.5. The van der Waals surface area contributed by atoms with Gasteiger partial charge in [-0.25, -0.2) is 18.6 Å². The summed E-state index contributed by atoms with van der Waals surface area (Å²) in [6.45, 7) is 1.51. The van der Waals surface area contributed by atoms with E-state index in [4.69, 9.17) is 22.4 Å². The fraction of sp³-hybridized carbons (Fsp3) is 0.306. The number of aromatic amines is 1. The molecule has 1 aromatic heterocycles. The summed E-state index contributed by atoms with van der Waals surface area (Å²) >= 11 is 5.85. The summed E-state index contributed by atoms with van der Waals surface area (Å²) in [6.07, 6.45) is -0.853. The Morgan fingerprint density at radius 3 is 2.35 bits per heavy atom. The molecule has 4 aromatic rings. The van der Waals surface area contributed by atoms with Crippen LogP contribution >= 0.6 is 11.6 Å². The molecule has 2 saturated heterocycles. The molecule has 0 saturated carbocycles. The van der Waals surface area contributed by atoms with Gasteiger partial charge in [-0.3, -0.25) is 15.0 Å². The number of aromatic nitrogens is 2. The van der Waals surface area contributed by atoms with Crippen molar-refractivity contribution in [2.24, 2.45) is 5.73 Å². The molecule has 3 atom stereocenters. The van der Waals surface area contributed by atoms with Gasteiger partial charge < -0.3 is 20.7 Å². The van der Waals surface area contributed by atoms with Crippen molar-refractivity contribution in [1.82, 2.24) is 19.8 Å². The van der Waals surface area contributed by atoms with Gasteiger partial charge in [-0.2, -0.15) is 13.2 Å². The highest BCUT2D eigenvalue weighted by Crippen LogP contribution is 2.44. The molecule has 15 heteroatoms. The summed E-state index contributed by atoms with van der Waals surface area (Å²) in [7, 11) is 0. The van der Waals surface area contributed by atoms with Gasteiger partial charge in [0.15, 0.2) is 0 Å². The zero-order chi connectivity index (χ0) is 36.4. The maximum Gasteiger partial charge on any atom is 0.417 e. The number of carbonyl (C=O) groups excluding carboxylic acids is 1. The Morgan fingerprint density at radius 1 is 1.02 bits per heavy atom. The number of imidazole rings is 1. The van der Waals surface area contributed by atoms with Gasteiger partial charge in [0.1, 0.15) is 17.5 Å². The molecule has 3 aromatic carbocycles. The molecule has 268 valence electrons. The highest BCUT2D eigenvalue weighted by Gasteiger charge is 2.43. The van der Waals surface area contributed by atoms with Crippen LogP contribution in [0.2, 0.25) is 5.02 Å². The van der Waals surface area contributed by atoms with E-state index in [2.05, 4.69) is 20.2 Å². The maximum atomic E-state index is 15.0. The molecule has 51 heavy (non-hydrogen) atoms. The van der Waals surface area contributed by atoms with E-state index in [0.29, 0.717) is 53.9 Å². The Hall–Kier alpha value is -4.79. The molecule has 0 bridgehead atoms. The number of amides is 2. The SMILES string of the molecule is NC1CCN(C2CC(c3ccc(F)cc3)C(c3ncc(-c4ccc(NC(=O)O)cc4)[nH]3)N(C(=O)C=Cc3c(C(F)(F)F)ccc(Cl)c3F)C2)CC1. The van der Waals surface area contributed by atoms with Gasteiger partial charge in [-0.1, -0.05) is 35.9 Å². The predicted molar refractivity (Wildman–Crippen MR) is 182 cm³/mol. The largest absolute Gasteiger partial charge is 0.465 e. The van der Waals surface area contributed by atoms with Crippen molar-refractivity contribution >= 4 is 35.4 Å². The summed E-state index contributed by atoms with van der Waals surface area (Å²) in [6, 6.07) is 12.9. The molecular weight excluding hydrogens is 695 g/mol. The first kappa shape index (κ1) is 36.0. The number of H-pyrrole nitrogens is 1. The van der Waals surface area contributed by atoms with Crippen LogP contribution in [0.5, 0.6) is 0 Å². The van der Waals surface area contributed by atoms with Gasteiger partial charge in [0.25, 0.3) is 0 Å². The number of alkyl halides is 3. The molecule has 2 amide bonds. The molecule has 3 unspecified atom stereocenters. The summed E-state index contributed by atoms with van der Waals surface area (Å²) in [4.78, 5) is 36.9. The molecule has 0 aliphatic carbocycles. The Morgan fingerprint density at radius 2 is 1.71 bits per heavy atom. The minimum absolute atomic E-state index is 0.0390. The van der Waals surface area contributed by atoms with Crippen LogP contribution in [0, 0.1) is 11.6 Å². The van der Waals surface area contributed by atoms with E-state index < -0.39 is 57.9 Å². The number of anilines is 1. The zero-order valence-corrected chi connectivity index (χ0v) is 27.8. The third-order valence-corrected chi connectivity index (χ3v) is 9.77. The number of hydrogen-bond acceptors (Lipinski definition) is 5. The van der Waals surface area contributed by atoms with Gasteiger partial charge in [-0.05, 0) is 86.0 Å². The topological polar surface area (TPSA) is 128 Å². The first-order valence-corrected chi connectivity index (χ1v) is 16.6. The predicted octanol–water partition coefficient (Wildman–Crippen LogP) is 7.68. The number of likely N-dealkylation sites (tertiary alicyclic amines) is 2. The molecule has 2 aliphatic rings. The Labute approximate surface area is 294 Å². The average molecular weight is 729 g/mol. The lowest BCUT2D eigenvalue weighted by atomic mass is 9.80. The van der Waals surface area contributed by atoms with E-state index in [-0.39, 0.29) is 18.6 Å². The van der Waals surface area contributed by atoms with E-state index in [1.165, 1.54) is 17.0 Å². The van der Waals surface area contributed by atoms with Crippen molar-refractivity contribution in [3.05, 3.63) is 112 Å². The van der Waals surface area contributed by atoms with Crippen LogP contribution in [0.3, 0.4) is 0 Å². The van der Waals surface area contributed by atoms with E-state index in [1.807, 2.05) is 0 Å². The molecule has 0 spiro atoms. The Kier molecular flexibility index (Phi) is 10.5. The number of halogens is 6. The van der Waals surface area contributed by atoms with Crippen molar-refractivity contribution in [3.63, 3.8) is 0 Å². The number of hydrogen-bond donors (Lipinski definition) is 4. The number of benzene rings is 3. The minimum atomic E-state index is -4.91. The smallest absolute Gasteiger partial charge is 0.417 e. The lowest BCUT2D eigenvalue weighted by Crippen LogP contribution is -2.55. The number of nitrogens with zero attached hydrogens (tertiary/aromatic N) is 3. The van der Waals surface area contributed by atoms with E-state index in [0.717, 1.165) is 31.1 Å². The van der Waals surface area contributed by atoms with E-state index in [1.54, 1.807) is 42.6 Å². The first-order valence-electron chi connectivity index (χ1n) is 16.2. The van der Waals surface area contributed by atoms with Gasteiger partial charge in [-0.15, -0.1) is 0 Å². The lowest BCUT2D eigenvalue weighted by Gasteiger charge is -2.48. The number of carbonyl (C=O) groups is 2. The number of nitrogens with one attached hydrogen (secondary N) is 2. The minimum Gasteiger partial charge on any atom is -0.465 e. The fourth-order valence-corrected chi connectivity index (χ4v) is 7.08. The molecule has 5 N–H and O–H groups in total. The van der Waals surface area contributed by atoms with Crippen molar-refractivity contribution < 1.29 is 36.6 Å². The third kappa shape index (κ3) is 8.08. The number of nitrogens with two attached hydrogens (primary N) is 1.